The topological polar surface area (TPSA) is 53.5 Å². The van der Waals surface area contributed by atoms with E-state index in [1.165, 1.54) is 0 Å². The standard InChI is InChI=1S/C10H15BrN2O2.C2H6.CH3F/c1-10(2,14)15-13-12-7-8-3-5-9(11)6-4-8;2*1-2/h3-6,12-14H,7H2,1-2H3;1-2H3;1H3. The van der Waals surface area contributed by atoms with Crippen LogP contribution in [0.4, 0.5) is 4.39 Å². The average Bonchev–Trinajstić information content (AvgIpc) is 2.40. The van der Waals surface area contributed by atoms with Crippen molar-refractivity contribution in [2.24, 2.45) is 0 Å². The van der Waals surface area contributed by atoms with E-state index in [1.54, 1.807) is 13.8 Å². The maximum absolute atomic E-state index is 9.50. The van der Waals surface area contributed by atoms with Gasteiger partial charge in [-0.3, -0.25) is 9.23 Å². The van der Waals surface area contributed by atoms with E-state index < -0.39 is 5.79 Å². The van der Waals surface area contributed by atoms with Crippen LogP contribution in [0.1, 0.15) is 33.3 Å². The van der Waals surface area contributed by atoms with E-state index in [9.17, 15) is 9.50 Å². The van der Waals surface area contributed by atoms with Gasteiger partial charge in [0, 0.05) is 11.0 Å². The van der Waals surface area contributed by atoms with Gasteiger partial charge in [-0.1, -0.05) is 41.9 Å². The normalized spacial score (nSPS) is 9.89. The van der Waals surface area contributed by atoms with Crippen LogP contribution in [0.15, 0.2) is 28.7 Å². The molecule has 0 saturated carbocycles. The number of alkyl halides is 1. The first-order valence-corrected chi connectivity index (χ1v) is 6.77. The summed E-state index contributed by atoms with van der Waals surface area (Å²) in [5.74, 6) is -1.19. The van der Waals surface area contributed by atoms with Gasteiger partial charge in [0.05, 0.1) is 7.18 Å². The molecular formula is C13H24BrFN2O2. The summed E-state index contributed by atoms with van der Waals surface area (Å²) in [6.07, 6.45) is 0. The highest BCUT2D eigenvalue weighted by atomic mass is 79.9. The predicted molar refractivity (Wildman–Crippen MR) is 79.9 cm³/mol. The monoisotopic (exact) mass is 338 g/mol. The zero-order valence-electron chi connectivity index (χ0n) is 12.1. The van der Waals surface area contributed by atoms with Crippen molar-refractivity contribution >= 4 is 15.9 Å². The fourth-order valence-electron chi connectivity index (χ4n) is 0.901. The first kappa shape index (κ1) is 20.8. The molecule has 0 atom stereocenters. The van der Waals surface area contributed by atoms with Crippen molar-refractivity contribution in [3.05, 3.63) is 34.3 Å². The SMILES string of the molecule is CC.CC(C)(O)ONNCc1ccc(Br)cc1.CF. The van der Waals surface area contributed by atoms with Crippen LogP contribution in [-0.2, 0) is 11.4 Å². The van der Waals surface area contributed by atoms with Crippen LogP contribution in [0.3, 0.4) is 0 Å². The number of benzene rings is 1. The molecule has 1 rings (SSSR count). The highest BCUT2D eigenvalue weighted by molar-refractivity contribution is 9.10. The van der Waals surface area contributed by atoms with Crippen molar-refractivity contribution in [1.29, 1.82) is 0 Å². The summed E-state index contributed by atoms with van der Waals surface area (Å²) in [5.41, 5.74) is 6.42. The van der Waals surface area contributed by atoms with E-state index in [4.69, 9.17) is 4.84 Å². The molecule has 19 heavy (non-hydrogen) atoms. The van der Waals surface area contributed by atoms with Gasteiger partial charge in [-0.15, -0.1) is 5.59 Å². The van der Waals surface area contributed by atoms with E-state index in [0.717, 1.165) is 10.0 Å². The van der Waals surface area contributed by atoms with E-state index in [2.05, 4.69) is 26.9 Å². The van der Waals surface area contributed by atoms with Gasteiger partial charge in [0.1, 0.15) is 0 Å². The summed E-state index contributed by atoms with van der Waals surface area (Å²) in [7, 11) is 0.500. The zero-order chi connectivity index (χ0) is 15.3. The Bertz CT molecular complexity index is 303. The van der Waals surface area contributed by atoms with Crippen LogP contribution in [0.25, 0.3) is 0 Å². The summed E-state index contributed by atoms with van der Waals surface area (Å²) in [6.45, 7) is 7.70. The number of hydrogen-bond donors (Lipinski definition) is 3. The minimum atomic E-state index is -1.19. The highest BCUT2D eigenvalue weighted by Gasteiger charge is 2.11. The molecule has 6 heteroatoms. The molecule has 4 nitrogen and oxygen atoms in total. The van der Waals surface area contributed by atoms with Crippen LogP contribution in [-0.4, -0.2) is 18.1 Å². The summed E-state index contributed by atoms with van der Waals surface area (Å²) < 4.78 is 10.5. The van der Waals surface area contributed by atoms with Gasteiger partial charge in [0.2, 0.25) is 0 Å². The Kier molecular flexibility index (Phi) is 13.7. The molecule has 0 amide bonds. The molecule has 1 aromatic carbocycles. The lowest BCUT2D eigenvalue weighted by molar-refractivity contribution is -0.226. The Morgan fingerprint density at radius 3 is 2.11 bits per heavy atom. The molecule has 0 aliphatic heterocycles. The largest absolute Gasteiger partial charge is 0.365 e. The maximum atomic E-state index is 9.50. The predicted octanol–water partition coefficient (Wildman–Crippen LogP) is 3.32. The van der Waals surface area contributed by atoms with Gasteiger partial charge in [-0.25, -0.2) is 5.43 Å². The van der Waals surface area contributed by atoms with Crippen LogP contribution in [0.2, 0.25) is 0 Å². The molecule has 0 aliphatic rings. The summed E-state index contributed by atoms with van der Waals surface area (Å²) >= 11 is 3.36. The Balaban J connectivity index is 0. The van der Waals surface area contributed by atoms with Gasteiger partial charge < -0.3 is 5.11 Å². The summed E-state index contributed by atoms with van der Waals surface area (Å²) in [5, 5.41) is 9.22. The van der Waals surface area contributed by atoms with Gasteiger partial charge in [0.25, 0.3) is 0 Å². The lowest BCUT2D eigenvalue weighted by atomic mass is 10.2. The average molecular weight is 339 g/mol. The molecule has 112 valence electrons. The quantitative estimate of drug-likeness (QED) is 0.438. The van der Waals surface area contributed by atoms with Crippen molar-refractivity contribution < 1.29 is 14.3 Å². The molecule has 0 radical (unpaired) electrons. The first-order chi connectivity index (χ1) is 8.97. The molecule has 0 unspecified atom stereocenters. The Morgan fingerprint density at radius 1 is 1.21 bits per heavy atom. The molecule has 0 saturated heterocycles. The first-order valence-electron chi connectivity index (χ1n) is 5.98. The van der Waals surface area contributed by atoms with Crippen LogP contribution >= 0.6 is 15.9 Å². The Labute approximate surface area is 123 Å². The molecule has 0 aliphatic carbocycles. The van der Waals surface area contributed by atoms with Gasteiger partial charge in [0.15, 0.2) is 5.79 Å². The molecule has 1 aromatic rings. The second-order valence-electron chi connectivity index (χ2n) is 3.63. The number of halogens is 2. The number of aliphatic hydroxyl groups is 1. The van der Waals surface area contributed by atoms with Crippen molar-refractivity contribution in [2.75, 3.05) is 7.18 Å². The van der Waals surface area contributed by atoms with E-state index in [-0.39, 0.29) is 0 Å². The van der Waals surface area contributed by atoms with E-state index in [0.29, 0.717) is 13.7 Å². The van der Waals surface area contributed by atoms with Crippen LogP contribution in [0, 0.1) is 0 Å². The number of nitrogens with one attached hydrogen (secondary N) is 2. The molecule has 0 fully saturated rings. The zero-order valence-corrected chi connectivity index (χ0v) is 13.7. The van der Waals surface area contributed by atoms with E-state index >= 15 is 0 Å². The third-order valence-electron chi connectivity index (χ3n) is 1.58. The van der Waals surface area contributed by atoms with Crippen molar-refractivity contribution in [3.63, 3.8) is 0 Å². The molecule has 0 aromatic heterocycles. The third-order valence-corrected chi connectivity index (χ3v) is 2.11. The molecule has 0 spiro atoms. The maximum Gasteiger partial charge on any atom is 0.180 e. The van der Waals surface area contributed by atoms with Gasteiger partial charge in [-0.2, -0.15) is 0 Å². The van der Waals surface area contributed by atoms with Gasteiger partial charge >= 0.3 is 0 Å². The Morgan fingerprint density at radius 2 is 1.68 bits per heavy atom. The minimum absolute atomic E-state index is 0.500. The second kappa shape index (κ2) is 12.5. The minimum Gasteiger partial charge on any atom is -0.365 e. The fourth-order valence-corrected chi connectivity index (χ4v) is 1.17. The van der Waals surface area contributed by atoms with Crippen molar-refractivity contribution in [2.45, 2.75) is 40.0 Å². The van der Waals surface area contributed by atoms with Gasteiger partial charge in [-0.05, 0) is 31.5 Å². The second-order valence-corrected chi connectivity index (χ2v) is 4.55. The number of rotatable bonds is 5. The number of hydrazine groups is 1. The molecule has 0 heterocycles. The summed E-state index contributed by atoms with van der Waals surface area (Å²) in [6, 6.07) is 7.91. The lowest BCUT2D eigenvalue weighted by Crippen LogP contribution is -2.39. The Hall–Kier alpha value is -0.530. The van der Waals surface area contributed by atoms with Crippen molar-refractivity contribution in [3.8, 4) is 0 Å². The van der Waals surface area contributed by atoms with Crippen LogP contribution < -0.4 is 11.0 Å². The fraction of sp³-hybridized carbons (Fsp3) is 0.538. The molecule has 3 N–H and O–H groups in total. The lowest BCUT2D eigenvalue weighted by Gasteiger charge is -2.18. The summed E-state index contributed by atoms with van der Waals surface area (Å²) in [4.78, 5) is 4.86. The van der Waals surface area contributed by atoms with Crippen molar-refractivity contribution in [1.82, 2.24) is 11.0 Å². The third kappa shape index (κ3) is 13.7. The molecular weight excluding hydrogens is 315 g/mol. The number of hydrogen-bond acceptors (Lipinski definition) is 4. The molecule has 0 bridgehead atoms. The van der Waals surface area contributed by atoms with E-state index in [1.807, 2.05) is 38.1 Å². The van der Waals surface area contributed by atoms with Crippen LogP contribution in [0.5, 0.6) is 0 Å². The smallest absolute Gasteiger partial charge is 0.180 e. The highest BCUT2D eigenvalue weighted by Crippen LogP contribution is 2.09.